The maximum atomic E-state index is 13.3. The van der Waals surface area contributed by atoms with E-state index in [1.807, 2.05) is 54.6 Å². The van der Waals surface area contributed by atoms with Crippen LogP contribution in [0.1, 0.15) is 39.7 Å². The van der Waals surface area contributed by atoms with Crippen molar-refractivity contribution in [3.05, 3.63) is 76.2 Å². The fourth-order valence-electron chi connectivity index (χ4n) is 3.90. The molecule has 0 bridgehead atoms. The van der Waals surface area contributed by atoms with Crippen molar-refractivity contribution >= 4 is 33.8 Å². The molecule has 1 aliphatic rings. The molecule has 1 atom stereocenters. The molecular formula is C25H26N2O3S. The summed E-state index contributed by atoms with van der Waals surface area (Å²) >= 11 is 1.54. The summed E-state index contributed by atoms with van der Waals surface area (Å²) in [4.78, 5) is 27.2. The van der Waals surface area contributed by atoms with Crippen molar-refractivity contribution in [2.45, 2.75) is 32.6 Å². The Balaban J connectivity index is 1.58. The number of fused-ring (bicyclic) bond motifs is 1. The second-order valence-electron chi connectivity index (χ2n) is 7.95. The third-order valence-corrected chi connectivity index (χ3v) is 6.72. The van der Waals surface area contributed by atoms with Crippen LogP contribution in [0.3, 0.4) is 0 Å². The van der Waals surface area contributed by atoms with Gasteiger partial charge >= 0.3 is 0 Å². The molecule has 160 valence electrons. The van der Waals surface area contributed by atoms with Gasteiger partial charge in [0.1, 0.15) is 10.8 Å². The fourth-order valence-corrected chi connectivity index (χ4v) is 5.32. The number of anilines is 2. The Morgan fingerprint density at radius 3 is 2.52 bits per heavy atom. The Morgan fingerprint density at radius 1 is 1.06 bits per heavy atom. The summed E-state index contributed by atoms with van der Waals surface area (Å²) in [6.45, 7) is 2.23. The Bertz CT molecular complexity index is 1070. The average molecular weight is 435 g/mol. The van der Waals surface area contributed by atoms with Crippen LogP contribution in [0.5, 0.6) is 5.75 Å². The fraction of sp³-hybridized carbons (Fsp3) is 0.280. The van der Waals surface area contributed by atoms with Gasteiger partial charge in [-0.05, 0) is 60.6 Å². The molecule has 3 aromatic rings. The summed E-state index contributed by atoms with van der Waals surface area (Å²) in [5.41, 5.74) is 3.31. The van der Waals surface area contributed by atoms with Crippen molar-refractivity contribution in [2.75, 3.05) is 17.7 Å². The van der Waals surface area contributed by atoms with Gasteiger partial charge in [0, 0.05) is 10.6 Å². The molecule has 4 rings (SSSR count). The number of benzene rings is 2. The van der Waals surface area contributed by atoms with Crippen LogP contribution >= 0.6 is 11.3 Å². The van der Waals surface area contributed by atoms with Crippen LogP contribution < -0.4 is 15.4 Å². The number of ether oxygens (including phenoxy) is 1. The van der Waals surface area contributed by atoms with Crippen molar-refractivity contribution in [1.82, 2.24) is 0 Å². The molecule has 0 saturated heterocycles. The van der Waals surface area contributed by atoms with E-state index in [2.05, 4.69) is 17.6 Å². The Hall–Kier alpha value is -3.12. The molecule has 0 aliphatic heterocycles. The zero-order valence-corrected chi connectivity index (χ0v) is 18.6. The van der Waals surface area contributed by atoms with E-state index in [-0.39, 0.29) is 18.2 Å². The number of carbonyl (C=O) groups is 2. The normalized spacial score (nSPS) is 15.1. The van der Waals surface area contributed by atoms with E-state index in [9.17, 15) is 9.59 Å². The van der Waals surface area contributed by atoms with Crippen molar-refractivity contribution < 1.29 is 14.3 Å². The quantitative estimate of drug-likeness (QED) is 0.552. The molecule has 1 aromatic heterocycles. The molecular weight excluding hydrogens is 408 g/mol. The van der Waals surface area contributed by atoms with Gasteiger partial charge in [-0.2, -0.15) is 0 Å². The number of hydrogen-bond acceptors (Lipinski definition) is 4. The van der Waals surface area contributed by atoms with E-state index < -0.39 is 0 Å². The number of nitrogens with one attached hydrogen (secondary N) is 2. The van der Waals surface area contributed by atoms with Crippen LogP contribution in [0.25, 0.3) is 0 Å². The van der Waals surface area contributed by atoms with Gasteiger partial charge < -0.3 is 15.4 Å². The van der Waals surface area contributed by atoms with Crippen molar-refractivity contribution in [1.29, 1.82) is 0 Å². The van der Waals surface area contributed by atoms with Crippen LogP contribution in [-0.4, -0.2) is 18.9 Å². The van der Waals surface area contributed by atoms with Gasteiger partial charge in [0.2, 0.25) is 5.91 Å². The highest BCUT2D eigenvalue weighted by Gasteiger charge is 2.28. The minimum absolute atomic E-state index is 0.114. The molecule has 2 aromatic carbocycles. The second kappa shape index (κ2) is 9.35. The third kappa shape index (κ3) is 4.97. The zero-order chi connectivity index (χ0) is 21.8. The predicted octanol–water partition coefficient (Wildman–Crippen LogP) is 5.32. The van der Waals surface area contributed by atoms with E-state index >= 15 is 0 Å². The highest BCUT2D eigenvalue weighted by molar-refractivity contribution is 7.17. The van der Waals surface area contributed by atoms with Crippen LogP contribution in [0.15, 0.2) is 54.6 Å². The molecule has 2 N–H and O–H groups in total. The first-order chi connectivity index (χ1) is 15.0. The standard InChI is InChI=1S/C25H26N2O3S/c1-16-8-13-20-21(14-16)31-25(27-22(28)15-17-6-4-3-5-7-17)23(20)24(29)26-18-9-11-19(30-2)12-10-18/h3-7,9-12,16H,8,13-15H2,1-2H3,(H,26,29)(H,27,28)/t16-/m1/s1. The van der Waals surface area contributed by atoms with Crippen LogP contribution in [0.2, 0.25) is 0 Å². The average Bonchev–Trinajstić information content (AvgIpc) is 3.11. The lowest BCUT2D eigenvalue weighted by Gasteiger charge is -2.18. The van der Waals surface area contributed by atoms with Gasteiger partial charge in [-0.15, -0.1) is 11.3 Å². The van der Waals surface area contributed by atoms with Crippen molar-refractivity contribution in [2.24, 2.45) is 5.92 Å². The molecule has 0 fully saturated rings. The topological polar surface area (TPSA) is 67.4 Å². The van der Waals surface area contributed by atoms with E-state index in [0.29, 0.717) is 22.2 Å². The Kier molecular flexibility index (Phi) is 6.37. The highest BCUT2D eigenvalue weighted by Crippen LogP contribution is 2.40. The molecule has 0 saturated carbocycles. The minimum Gasteiger partial charge on any atom is -0.497 e. The van der Waals surface area contributed by atoms with Crippen LogP contribution in [0.4, 0.5) is 10.7 Å². The summed E-state index contributed by atoms with van der Waals surface area (Å²) in [6, 6.07) is 16.9. The Morgan fingerprint density at radius 2 is 1.81 bits per heavy atom. The molecule has 6 heteroatoms. The number of methoxy groups -OCH3 is 1. The summed E-state index contributed by atoms with van der Waals surface area (Å²) in [5, 5.41) is 6.64. The molecule has 1 aliphatic carbocycles. The molecule has 31 heavy (non-hydrogen) atoms. The van der Waals surface area contributed by atoms with E-state index in [1.54, 1.807) is 7.11 Å². The maximum Gasteiger partial charge on any atom is 0.258 e. The number of amides is 2. The monoisotopic (exact) mass is 434 g/mol. The summed E-state index contributed by atoms with van der Waals surface area (Å²) < 4.78 is 5.18. The van der Waals surface area contributed by atoms with Gasteiger partial charge in [0.05, 0.1) is 19.1 Å². The van der Waals surface area contributed by atoms with Gasteiger partial charge in [-0.3, -0.25) is 9.59 Å². The lowest BCUT2D eigenvalue weighted by molar-refractivity contribution is -0.115. The molecule has 0 spiro atoms. The number of carbonyl (C=O) groups excluding carboxylic acids is 2. The third-order valence-electron chi connectivity index (χ3n) is 5.55. The van der Waals surface area contributed by atoms with E-state index in [0.717, 1.165) is 36.1 Å². The SMILES string of the molecule is COc1ccc(NC(=O)c2c(NC(=O)Cc3ccccc3)sc3c2CC[C@@H](C)C3)cc1. The number of rotatable bonds is 6. The van der Waals surface area contributed by atoms with Crippen LogP contribution in [0, 0.1) is 5.92 Å². The van der Waals surface area contributed by atoms with Gasteiger partial charge in [-0.25, -0.2) is 0 Å². The Labute approximate surface area is 186 Å². The van der Waals surface area contributed by atoms with Crippen molar-refractivity contribution in [3.63, 3.8) is 0 Å². The van der Waals surface area contributed by atoms with Crippen molar-refractivity contribution in [3.8, 4) is 5.75 Å². The molecule has 0 radical (unpaired) electrons. The lowest BCUT2D eigenvalue weighted by atomic mass is 9.88. The first kappa shape index (κ1) is 21.1. The van der Waals surface area contributed by atoms with E-state index in [1.165, 1.54) is 16.2 Å². The molecule has 1 heterocycles. The molecule has 0 unspecified atom stereocenters. The van der Waals surface area contributed by atoms with Gasteiger partial charge in [0.15, 0.2) is 0 Å². The maximum absolute atomic E-state index is 13.3. The first-order valence-electron chi connectivity index (χ1n) is 10.5. The van der Waals surface area contributed by atoms with Gasteiger partial charge in [0.25, 0.3) is 5.91 Å². The van der Waals surface area contributed by atoms with Gasteiger partial charge in [-0.1, -0.05) is 37.3 Å². The summed E-state index contributed by atoms with van der Waals surface area (Å²) in [6.07, 6.45) is 3.12. The summed E-state index contributed by atoms with van der Waals surface area (Å²) in [5.74, 6) is 1.01. The molecule has 2 amide bonds. The smallest absolute Gasteiger partial charge is 0.258 e. The minimum atomic E-state index is -0.188. The summed E-state index contributed by atoms with van der Waals surface area (Å²) in [7, 11) is 1.61. The molecule has 5 nitrogen and oxygen atoms in total. The number of thiophene rings is 1. The van der Waals surface area contributed by atoms with Crippen LogP contribution in [-0.2, 0) is 24.1 Å². The number of hydrogen-bond donors (Lipinski definition) is 2. The second-order valence-corrected chi connectivity index (χ2v) is 9.05. The largest absolute Gasteiger partial charge is 0.497 e. The van der Waals surface area contributed by atoms with E-state index in [4.69, 9.17) is 4.74 Å². The predicted molar refractivity (Wildman–Crippen MR) is 125 cm³/mol. The lowest BCUT2D eigenvalue weighted by Crippen LogP contribution is -2.20. The highest BCUT2D eigenvalue weighted by atomic mass is 32.1. The first-order valence-corrected chi connectivity index (χ1v) is 11.3. The zero-order valence-electron chi connectivity index (χ0n) is 17.7.